The highest BCUT2D eigenvalue weighted by Gasteiger charge is 2.19. The molecule has 0 aliphatic heterocycles. The molecule has 0 spiro atoms. The average molecular weight is 375 g/mol. The van der Waals surface area contributed by atoms with Crippen molar-refractivity contribution in [1.82, 2.24) is 4.98 Å². The minimum Gasteiger partial charge on any atom is -0.388 e. The molecule has 0 aliphatic rings. The average Bonchev–Trinajstić information content (AvgIpc) is 2.80. The number of hydrogen-bond donors (Lipinski definition) is 1. The number of hydrogen-bond acceptors (Lipinski definition) is 3. The number of thiazole rings is 1. The summed E-state index contributed by atoms with van der Waals surface area (Å²) in [5.74, 6) is 0. The van der Waals surface area contributed by atoms with Gasteiger partial charge < -0.3 is 5.11 Å². The molecule has 0 bridgehead atoms. The van der Waals surface area contributed by atoms with Gasteiger partial charge in [0.15, 0.2) is 0 Å². The van der Waals surface area contributed by atoms with Crippen LogP contribution in [0.3, 0.4) is 0 Å². The number of nitrogens with zero attached hydrogens (tertiary/aromatic N) is 1. The van der Waals surface area contributed by atoms with E-state index in [-0.39, 0.29) is 5.41 Å². The molecular weight excluding hydrogens is 358 g/mol. The zero-order chi connectivity index (χ0) is 14.9. The minimum absolute atomic E-state index is 0.0348. The van der Waals surface area contributed by atoms with Crippen LogP contribution >= 0.6 is 38.9 Å². The molecule has 1 atom stereocenters. The van der Waals surface area contributed by atoms with Crippen LogP contribution in [0.5, 0.6) is 0 Å². The van der Waals surface area contributed by atoms with Gasteiger partial charge in [0.05, 0.1) is 16.8 Å². The van der Waals surface area contributed by atoms with E-state index in [1.54, 1.807) is 17.4 Å². The molecule has 0 aliphatic carbocycles. The van der Waals surface area contributed by atoms with Gasteiger partial charge in [0.2, 0.25) is 0 Å². The Morgan fingerprint density at radius 1 is 1.40 bits per heavy atom. The highest BCUT2D eigenvalue weighted by molar-refractivity contribution is 9.10. The van der Waals surface area contributed by atoms with E-state index in [0.29, 0.717) is 11.4 Å². The van der Waals surface area contributed by atoms with Crippen LogP contribution in [-0.2, 0) is 11.8 Å². The zero-order valence-corrected chi connectivity index (χ0v) is 14.8. The van der Waals surface area contributed by atoms with E-state index in [1.807, 2.05) is 12.1 Å². The van der Waals surface area contributed by atoms with Crippen molar-refractivity contribution in [3.05, 3.63) is 49.3 Å². The first-order valence-electron chi connectivity index (χ1n) is 6.35. The van der Waals surface area contributed by atoms with Crippen molar-refractivity contribution < 1.29 is 5.11 Å². The highest BCUT2D eigenvalue weighted by atomic mass is 79.9. The van der Waals surface area contributed by atoms with Crippen molar-refractivity contribution in [3.8, 4) is 0 Å². The second-order valence-electron chi connectivity index (χ2n) is 5.76. The molecule has 1 N–H and O–H groups in total. The highest BCUT2D eigenvalue weighted by Crippen LogP contribution is 2.30. The lowest BCUT2D eigenvalue weighted by Crippen LogP contribution is -2.12. The summed E-state index contributed by atoms with van der Waals surface area (Å²) in [7, 11) is 0. The van der Waals surface area contributed by atoms with Crippen LogP contribution in [-0.4, -0.2) is 10.1 Å². The fraction of sp³-hybridized carbons (Fsp3) is 0.400. The first-order chi connectivity index (χ1) is 9.27. The summed E-state index contributed by atoms with van der Waals surface area (Å²) in [4.78, 5) is 4.60. The predicted molar refractivity (Wildman–Crippen MR) is 88.6 cm³/mol. The molecule has 0 saturated heterocycles. The standard InChI is InChI=1S/C15H17BrClNOS/c1-15(2,3)13-8-20-14(18-13)7-12(19)10-6-9(16)4-5-11(10)17/h4-6,8,12,19H,7H2,1-3H3. The maximum absolute atomic E-state index is 10.4. The molecular formula is C15H17BrClNOS. The van der Waals surface area contributed by atoms with Crippen LogP contribution in [0, 0.1) is 0 Å². The first kappa shape index (κ1) is 16.0. The van der Waals surface area contributed by atoms with Crippen LogP contribution in [0.15, 0.2) is 28.1 Å². The summed E-state index contributed by atoms with van der Waals surface area (Å²) in [5, 5.41) is 13.9. The van der Waals surface area contributed by atoms with E-state index in [4.69, 9.17) is 11.6 Å². The van der Waals surface area contributed by atoms with Gasteiger partial charge in [-0.05, 0) is 18.2 Å². The van der Waals surface area contributed by atoms with E-state index in [2.05, 4.69) is 47.1 Å². The lowest BCUT2D eigenvalue weighted by atomic mass is 9.93. The summed E-state index contributed by atoms with van der Waals surface area (Å²) in [6, 6.07) is 5.50. The molecule has 5 heteroatoms. The summed E-state index contributed by atoms with van der Waals surface area (Å²) in [5.41, 5.74) is 1.83. The van der Waals surface area contributed by atoms with E-state index in [1.165, 1.54) is 0 Å². The zero-order valence-electron chi connectivity index (χ0n) is 11.7. The second kappa shape index (κ2) is 6.14. The Morgan fingerprint density at radius 2 is 2.10 bits per heavy atom. The molecule has 108 valence electrons. The number of halogens is 2. The number of benzene rings is 1. The van der Waals surface area contributed by atoms with Gasteiger partial charge in [-0.3, -0.25) is 0 Å². The van der Waals surface area contributed by atoms with Crippen molar-refractivity contribution >= 4 is 38.9 Å². The van der Waals surface area contributed by atoms with Crippen molar-refractivity contribution in [3.63, 3.8) is 0 Å². The predicted octanol–water partition coefficient (Wildman–Crippen LogP) is 5.13. The topological polar surface area (TPSA) is 33.1 Å². The Labute approximate surface area is 137 Å². The monoisotopic (exact) mass is 373 g/mol. The third kappa shape index (κ3) is 3.82. The Balaban J connectivity index is 2.17. The van der Waals surface area contributed by atoms with E-state index in [9.17, 15) is 5.11 Å². The van der Waals surface area contributed by atoms with E-state index in [0.717, 1.165) is 20.7 Å². The normalized spacial score (nSPS) is 13.5. The lowest BCUT2D eigenvalue weighted by molar-refractivity contribution is 0.178. The summed E-state index contributed by atoms with van der Waals surface area (Å²) in [6.07, 6.45) is -0.157. The van der Waals surface area contributed by atoms with Gasteiger partial charge >= 0.3 is 0 Å². The second-order valence-corrected chi connectivity index (χ2v) is 8.03. The van der Waals surface area contributed by atoms with Gasteiger partial charge in [-0.15, -0.1) is 11.3 Å². The Kier molecular flexibility index (Phi) is 4.90. The number of rotatable bonds is 3. The molecule has 1 unspecified atom stereocenters. The van der Waals surface area contributed by atoms with Gasteiger partial charge in [0, 0.05) is 32.3 Å². The largest absolute Gasteiger partial charge is 0.388 e. The van der Waals surface area contributed by atoms with Crippen molar-refractivity contribution in [2.45, 2.75) is 38.7 Å². The number of aliphatic hydroxyl groups is 1. The Morgan fingerprint density at radius 3 is 2.70 bits per heavy atom. The Bertz CT molecular complexity index is 606. The maximum Gasteiger partial charge on any atom is 0.0957 e. The summed E-state index contributed by atoms with van der Waals surface area (Å²) in [6.45, 7) is 6.40. The first-order valence-corrected chi connectivity index (χ1v) is 8.40. The lowest BCUT2D eigenvalue weighted by Gasteiger charge is -2.15. The molecule has 1 aromatic carbocycles. The molecule has 2 rings (SSSR count). The smallest absolute Gasteiger partial charge is 0.0957 e. The third-order valence-electron chi connectivity index (χ3n) is 3.01. The quantitative estimate of drug-likeness (QED) is 0.807. The van der Waals surface area contributed by atoms with Gasteiger partial charge in [0.1, 0.15) is 0 Å². The van der Waals surface area contributed by atoms with Gasteiger partial charge in [-0.25, -0.2) is 4.98 Å². The van der Waals surface area contributed by atoms with Crippen molar-refractivity contribution in [1.29, 1.82) is 0 Å². The molecule has 1 aromatic heterocycles. The van der Waals surface area contributed by atoms with E-state index >= 15 is 0 Å². The Hall–Kier alpha value is -0.420. The van der Waals surface area contributed by atoms with Crippen molar-refractivity contribution in [2.75, 3.05) is 0 Å². The van der Waals surface area contributed by atoms with Crippen molar-refractivity contribution in [2.24, 2.45) is 0 Å². The third-order valence-corrected chi connectivity index (χ3v) is 4.71. The molecule has 2 nitrogen and oxygen atoms in total. The van der Waals surface area contributed by atoms with Crippen LogP contribution in [0.4, 0.5) is 0 Å². The molecule has 0 amide bonds. The van der Waals surface area contributed by atoms with Gasteiger partial charge in [-0.1, -0.05) is 48.3 Å². The molecule has 0 fully saturated rings. The van der Waals surface area contributed by atoms with Crippen LogP contribution in [0.1, 0.15) is 43.1 Å². The maximum atomic E-state index is 10.4. The van der Waals surface area contributed by atoms with Gasteiger partial charge in [-0.2, -0.15) is 0 Å². The SMILES string of the molecule is CC(C)(C)c1csc(CC(O)c2cc(Br)ccc2Cl)n1. The molecule has 20 heavy (non-hydrogen) atoms. The molecule has 1 heterocycles. The van der Waals surface area contributed by atoms with E-state index < -0.39 is 6.10 Å². The fourth-order valence-electron chi connectivity index (χ4n) is 1.79. The summed E-state index contributed by atoms with van der Waals surface area (Å²) < 4.78 is 0.908. The summed E-state index contributed by atoms with van der Waals surface area (Å²) >= 11 is 11.1. The van der Waals surface area contributed by atoms with Crippen LogP contribution < -0.4 is 0 Å². The van der Waals surface area contributed by atoms with Crippen LogP contribution in [0.25, 0.3) is 0 Å². The molecule has 2 aromatic rings. The molecule has 0 saturated carbocycles. The van der Waals surface area contributed by atoms with Crippen LogP contribution in [0.2, 0.25) is 5.02 Å². The fourth-order valence-corrected chi connectivity index (χ4v) is 3.48. The number of aliphatic hydroxyl groups excluding tert-OH is 1. The van der Waals surface area contributed by atoms with Gasteiger partial charge in [0.25, 0.3) is 0 Å². The minimum atomic E-state index is -0.640. The molecule has 0 radical (unpaired) electrons. The number of aromatic nitrogens is 1.